The van der Waals surface area contributed by atoms with E-state index in [4.69, 9.17) is 16.3 Å². The first-order valence-corrected chi connectivity index (χ1v) is 9.36. The van der Waals surface area contributed by atoms with E-state index in [1.807, 2.05) is 31.2 Å². The number of nitrogens with zero attached hydrogens (tertiary/aromatic N) is 2. The Bertz CT molecular complexity index is 1080. The molecule has 0 spiro atoms. The standard InChI is InChI=1S/C22H18ClN3O4/c1-15-2-5-19(6-3-15)25-22(27)14-30-21-11-4-17(23)12-16(21)13-24-18-7-9-20(10-8-18)26(28)29/h2-13H,14H2,1H3,(H,25,27). The van der Waals surface area contributed by atoms with Gasteiger partial charge >= 0.3 is 0 Å². The molecule has 3 aromatic carbocycles. The van der Waals surface area contributed by atoms with Gasteiger partial charge in [-0.3, -0.25) is 19.9 Å². The Morgan fingerprint density at radius 3 is 2.50 bits per heavy atom. The van der Waals surface area contributed by atoms with Crippen LogP contribution in [0, 0.1) is 17.0 Å². The van der Waals surface area contributed by atoms with E-state index >= 15 is 0 Å². The number of hydrogen-bond donors (Lipinski definition) is 1. The summed E-state index contributed by atoms with van der Waals surface area (Å²) in [5.41, 5.74) is 2.88. The van der Waals surface area contributed by atoms with Gasteiger partial charge in [0, 0.05) is 34.6 Å². The second kappa shape index (κ2) is 9.67. The number of anilines is 1. The number of amides is 1. The van der Waals surface area contributed by atoms with Crippen LogP contribution in [0.2, 0.25) is 5.02 Å². The van der Waals surface area contributed by atoms with E-state index in [0.29, 0.717) is 27.7 Å². The summed E-state index contributed by atoms with van der Waals surface area (Å²) in [6, 6.07) is 18.2. The van der Waals surface area contributed by atoms with E-state index in [-0.39, 0.29) is 18.2 Å². The molecule has 0 aliphatic rings. The van der Waals surface area contributed by atoms with Crippen molar-refractivity contribution in [2.24, 2.45) is 4.99 Å². The topological polar surface area (TPSA) is 93.8 Å². The molecular weight excluding hydrogens is 406 g/mol. The van der Waals surface area contributed by atoms with E-state index < -0.39 is 4.92 Å². The molecule has 30 heavy (non-hydrogen) atoms. The van der Waals surface area contributed by atoms with Crippen LogP contribution in [0.1, 0.15) is 11.1 Å². The van der Waals surface area contributed by atoms with Gasteiger partial charge in [-0.1, -0.05) is 29.3 Å². The third kappa shape index (κ3) is 5.89. The first-order valence-electron chi connectivity index (χ1n) is 8.98. The zero-order chi connectivity index (χ0) is 21.5. The highest BCUT2D eigenvalue weighted by atomic mass is 35.5. The van der Waals surface area contributed by atoms with Crippen LogP contribution < -0.4 is 10.1 Å². The average molecular weight is 424 g/mol. The minimum Gasteiger partial charge on any atom is -0.483 e. The molecule has 0 heterocycles. The number of carbonyl (C=O) groups excluding carboxylic acids is 1. The molecule has 0 saturated carbocycles. The number of nitro benzene ring substituents is 1. The van der Waals surface area contributed by atoms with E-state index in [0.717, 1.165) is 5.56 Å². The van der Waals surface area contributed by atoms with Crippen LogP contribution in [-0.2, 0) is 4.79 Å². The van der Waals surface area contributed by atoms with E-state index in [1.165, 1.54) is 30.5 Å². The van der Waals surface area contributed by atoms with Crippen molar-refractivity contribution in [2.45, 2.75) is 6.92 Å². The second-order valence-corrected chi connectivity index (χ2v) is 6.85. The van der Waals surface area contributed by atoms with Gasteiger partial charge in [-0.2, -0.15) is 0 Å². The number of rotatable bonds is 7. The van der Waals surface area contributed by atoms with Crippen molar-refractivity contribution in [2.75, 3.05) is 11.9 Å². The van der Waals surface area contributed by atoms with Crippen molar-refractivity contribution in [3.8, 4) is 5.75 Å². The molecule has 0 atom stereocenters. The lowest BCUT2D eigenvalue weighted by Gasteiger charge is -2.10. The summed E-state index contributed by atoms with van der Waals surface area (Å²) in [6.07, 6.45) is 1.53. The van der Waals surface area contributed by atoms with Gasteiger partial charge in [-0.05, 0) is 49.4 Å². The summed E-state index contributed by atoms with van der Waals surface area (Å²) in [5.74, 6) is 0.135. The molecule has 0 unspecified atom stereocenters. The Balaban J connectivity index is 1.67. The zero-order valence-electron chi connectivity index (χ0n) is 16.0. The highest BCUT2D eigenvalue weighted by Gasteiger charge is 2.08. The molecule has 3 aromatic rings. The van der Waals surface area contributed by atoms with Crippen LogP contribution in [0.15, 0.2) is 71.7 Å². The van der Waals surface area contributed by atoms with Crippen molar-refractivity contribution in [1.29, 1.82) is 0 Å². The molecule has 0 fully saturated rings. The third-order valence-electron chi connectivity index (χ3n) is 4.08. The molecule has 8 heteroatoms. The first-order chi connectivity index (χ1) is 14.4. The van der Waals surface area contributed by atoms with Gasteiger partial charge in [-0.25, -0.2) is 0 Å². The minimum absolute atomic E-state index is 0.0136. The predicted octanol–water partition coefficient (Wildman–Crippen LogP) is 5.32. The Labute approximate surface area is 178 Å². The van der Waals surface area contributed by atoms with Crippen LogP contribution in [0.4, 0.5) is 17.1 Å². The van der Waals surface area contributed by atoms with Gasteiger partial charge in [0.1, 0.15) is 5.75 Å². The second-order valence-electron chi connectivity index (χ2n) is 6.42. The van der Waals surface area contributed by atoms with Crippen molar-refractivity contribution >= 4 is 40.8 Å². The number of ether oxygens (including phenoxy) is 1. The van der Waals surface area contributed by atoms with Crippen molar-refractivity contribution in [3.05, 3.63) is 93.0 Å². The SMILES string of the molecule is Cc1ccc(NC(=O)COc2ccc(Cl)cc2C=Nc2ccc([N+](=O)[O-])cc2)cc1. The Kier molecular flexibility index (Phi) is 6.77. The smallest absolute Gasteiger partial charge is 0.269 e. The fourth-order valence-corrected chi connectivity index (χ4v) is 2.71. The molecule has 7 nitrogen and oxygen atoms in total. The lowest BCUT2D eigenvalue weighted by atomic mass is 10.2. The maximum Gasteiger partial charge on any atom is 0.269 e. The average Bonchev–Trinajstić information content (AvgIpc) is 2.73. The monoisotopic (exact) mass is 423 g/mol. The molecule has 0 radical (unpaired) electrons. The number of carbonyl (C=O) groups is 1. The van der Waals surface area contributed by atoms with Crippen molar-refractivity contribution in [3.63, 3.8) is 0 Å². The number of aryl methyl sites for hydroxylation is 1. The number of nitrogens with one attached hydrogen (secondary N) is 1. The van der Waals surface area contributed by atoms with Crippen molar-refractivity contribution < 1.29 is 14.5 Å². The van der Waals surface area contributed by atoms with Crippen LogP contribution >= 0.6 is 11.6 Å². The number of benzene rings is 3. The van der Waals surface area contributed by atoms with Gasteiger partial charge in [0.05, 0.1) is 10.6 Å². The Hall–Kier alpha value is -3.71. The molecule has 1 amide bonds. The lowest BCUT2D eigenvalue weighted by molar-refractivity contribution is -0.384. The van der Waals surface area contributed by atoms with Gasteiger partial charge in [0.15, 0.2) is 6.61 Å². The molecule has 3 rings (SSSR count). The maximum atomic E-state index is 12.2. The Morgan fingerprint density at radius 2 is 1.83 bits per heavy atom. The summed E-state index contributed by atoms with van der Waals surface area (Å²) >= 11 is 6.07. The zero-order valence-corrected chi connectivity index (χ0v) is 16.8. The van der Waals surface area contributed by atoms with Gasteiger partial charge < -0.3 is 10.1 Å². The minimum atomic E-state index is -0.474. The number of nitro groups is 1. The van der Waals surface area contributed by atoms with Crippen LogP contribution in [0.25, 0.3) is 0 Å². The third-order valence-corrected chi connectivity index (χ3v) is 4.31. The molecule has 0 saturated heterocycles. The van der Waals surface area contributed by atoms with Crippen LogP contribution in [0.5, 0.6) is 5.75 Å². The molecule has 0 bridgehead atoms. The lowest BCUT2D eigenvalue weighted by Crippen LogP contribution is -2.20. The summed E-state index contributed by atoms with van der Waals surface area (Å²) < 4.78 is 5.64. The summed E-state index contributed by atoms with van der Waals surface area (Å²) in [6.45, 7) is 1.78. The fraction of sp³-hybridized carbons (Fsp3) is 0.0909. The van der Waals surface area contributed by atoms with Crippen LogP contribution in [-0.4, -0.2) is 23.7 Å². The highest BCUT2D eigenvalue weighted by Crippen LogP contribution is 2.23. The van der Waals surface area contributed by atoms with E-state index in [1.54, 1.807) is 18.2 Å². The van der Waals surface area contributed by atoms with Gasteiger partial charge in [-0.15, -0.1) is 0 Å². The molecule has 0 aliphatic carbocycles. The Morgan fingerprint density at radius 1 is 1.13 bits per heavy atom. The highest BCUT2D eigenvalue weighted by molar-refractivity contribution is 6.30. The molecule has 0 aromatic heterocycles. The number of halogens is 1. The normalized spacial score (nSPS) is 10.7. The first kappa shape index (κ1) is 21.0. The largest absolute Gasteiger partial charge is 0.483 e. The summed E-state index contributed by atoms with van der Waals surface area (Å²) in [4.78, 5) is 26.7. The number of hydrogen-bond acceptors (Lipinski definition) is 5. The maximum absolute atomic E-state index is 12.2. The van der Waals surface area contributed by atoms with Crippen molar-refractivity contribution in [1.82, 2.24) is 0 Å². The van der Waals surface area contributed by atoms with E-state index in [9.17, 15) is 14.9 Å². The quantitative estimate of drug-likeness (QED) is 0.316. The molecule has 0 aliphatic heterocycles. The predicted molar refractivity (Wildman–Crippen MR) is 117 cm³/mol. The molecular formula is C22H18ClN3O4. The van der Waals surface area contributed by atoms with E-state index in [2.05, 4.69) is 10.3 Å². The summed E-state index contributed by atoms with van der Waals surface area (Å²) in [7, 11) is 0. The number of non-ortho nitro benzene ring substituents is 1. The molecule has 152 valence electrons. The molecule has 1 N–H and O–H groups in total. The fourth-order valence-electron chi connectivity index (χ4n) is 2.53. The van der Waals surface area contributed by atoms with Gasteiger partial charge in [0.25, 0.3) is 11.6 Å². The summed E-state index contributed by atoms with van der Waals surface area (Å²) in [5, 5.41) is 14.0. The van der Waals surface area contributed by atoms with Gasteiger partial charge in [0.2, 0.25) is 0 Å². The number of aliphatic imine (C=N–C) groups is 1. The van der Waals surface area contributed by atoms with Crippen LogP contribution in [0.3, 0.4) is 0 Å².